The summed E-state index contributed by atoms with van der Waals surface area (Å²) in [5.74, 6) is 1.01. The van der Waals surface area contributed by atoms with Gasteiger partial charge in [-0.3, -0.25) is 0 Å². The Bertz CT molecular complexity index is 354. The molecule has 2 atom stereocenters. The van der Waals surface area contributed by atoms with E-state index < -0.39 is 0 Å². The summed E-state index contributed by atoms with van der Waals surface area (Å²) in [7, 11) is 0. The molecule has 114 valence electrons. The molecule has 4 aliphatic carbocycles. The largest absolute Gasteiger partial charge is 0.311 e. The highest BCUT2D eigenvalue weighted by molar-refractivity contribution is 5.14. The molecule has 4 fully saturated rings. The zero-order valence-electron chi connectivity index (χ0n) is 13.6. The molecule has 0 spiro atoms. The molecule has 1 heteroatoms. The van der Waals surface area contributed by atoms with Gasteiger partial charge in [-0.25, -0.2) is 0 Å². The lowest BCUT2D eigenvalue weighted by molar-refractivity contribution is -0.117. The Balaban J connectivity index is 1.55. The first-order valence-electron chi connectivity index (χ1n) is 8.83. The van der Waals surface area contributed by atoms with Crippen molar-refractivity contribution >= 4 is 0 Å². The SMILES string of the molecule is C=CCCCCCNC12CC3CC(C)(CC(C)(C3)C1)C2. The van der Waals surface area contributed by atoms with E-state index in [0.717, 1.165) is 5.92 Å². The van der Waals surface area contributed by atoms with Crippen LogP contribution in [-0.2, 0) is 0 Å². The lowest BCUT2D eigenvalue weighted by Crippen LogP contribution is -2.64. The van der Waals surface area contributed by atoms with Crippen molar-refractivity contribution in [1.82, 2.24) is 5.32 Å². The first kappa shape index (κ1) is 14.6. The third-order valence-corrected chi connectivity index (χ3v) is 6.21. The molecule has 0 aromatic carbocycles. The van der Waals surface area contributed by atoms with Crippen molar-refractivity contribution in [3.8, 4) is 0 Å². The highest BCUT2D eigenvalue weighted by atomic mass is 15.0. The second kappa shape index (κ2) is 5.16. The zero-order valence-corrected chi connectivity index (χ0v) is 13.6. The van der Waals surface area contributed by atoms with Gasteiger partial charge in [0.15, 0.2) is 0 Å². The van der Waals surface area contributed by atoms with Crippen LogP contribution < -0.4 is 5.32 Å². The van der Waals surface area contributed by atoms with Gasteiger partial charge < -0.3 is 5.32 Å². The van der Waals surface area contributed by atoms with Crippen LogP contribution in [0.5, 0.6) is 0 Å². The molecule has 0 radical (unpaired) electrons. The van der Waals surface area contributed by atoms with Gasteiger partial charge in [0.05, 0.1) is 0 Å². The van der Waals surface area contributed by atoms with Crippen molar-refractivity contribution < 1.29 is 0 Å². The molecular formula is C19H33N. The molecule has 0 aromatic rings. The van der Waals surface area contributed by atoms with Gasteiger partial charge in [0.1, 0.15) is 0 Å². The molecule has 2 unspecified atom stereocenters. The number of hydrogen-bond acceptors (Lipinski definition) is 1. The first-order chi connectivity index (χ1) is 9.47. The fourth-order valence-electron chi connectivity index (χ4n) is 6.59. The van der Waals surface area contributed by atoms with Gasteiger partial charge in [-0.2, -0.15) is 0 Å². The summed E-state index contributed by atoms with van der Waals surface area (Å²) in [5.41, 5.74) is 1.79. The minimum atomic E-state index is 0.501. The maximum absolute atomic E-state index is 4.03. The Morgan fingerprint density at radius 2 is 1.70 bits per heavy atom. The molecule has 0 heterocycles. The van der Waals surface area contributed by atoms with Crippen molar-refractivity contribution in [2.24, 2.45) is 16.7 Å². The lowest BCUT2D eigenvalue weighted by atomic mass is 9.43. The lowest BCUT2D eigenvalue weighted by Gasteiger charge is -2.65. The van der Waals surface area contributed by atoms with Gasteiger partial charge >= 0.3 is 0 Å². The van der Waals surface area contributed by atoms with Gasteiger partial charge in [-0.1, -0.05) is 26.3 Å². The van der Waals surface area contributed by atoms with Crippen LogP contribution >= 0.6 is 0 Å². The summed E-state index contributed by atoms with van der Waals surface area (Å²) in [6, 6.07) is 0. The predicted octanol–water partition coefficient (Wildman–Crippen LogP) is 5.07. The predicted molar refractivity (Wildman–Crippen MR) is 86.8 cm³/mol. The number of allylic oxidation sites excluding steroid dienone is 1. The Labute approximate surface area is 125 Å². The van der Waals surface area contributed by atoms with Crippen LogP contribution in [0.1, 0.15) is 78.1 Å². The highest BCUT2D eigenvalue weighted by Crippen LogP contribution is 2.66. The van der Waals surface area contributed by atoms with E-state index >= 15 is 0 Å². The molecule has 4 aliphatic rings. The van der Waals surface area contributed by atoms with Crippen molar-refractivity contribution in [3.63, 3.8) is 0 Å². The van der Waals surface area contributed by atoms with Crippen LogP contribution in [0.2, 0.25) is 0 Å². The van der Waals surface area contributed by atoms with Crippen molar-refractivity contribution in [1.29, 1.82) is 0 Å². The standard InChI is InChI=1S/C19H33N/c1-4-5-6-7-8-9-20-19-12-16-10-17(2,14-19)13-18(3,11-16)15-19/h4,16,20H,1,5-15H2,2-3H3. The minimum Gasteiger partial charge on any atom is -0.311 e. The van der Waals surface area contributed by atoms with Gasteiger partial charge in [-0.15, -0.1) is 6.58 Å². The molecule has 1 N–H and O–H groups in total. The van der Waals surface area contributed by atoms with Gasteiger partial charge in [0.25, 0.3) is 0 Å². The molecule has 20 heavy (non-hydrogen) atoms. The molecule has 0 amide bonds. The highest BCUT2D eigenvalue weighted by Gasteiger charge is 2.59. The van der Waals surface area contributed by atoms with E-state index in [1.165, 1.54) is 70.8 Å². The van der Waals surface area contributed by atoms with Gasteiger partial charge in [0, 0.05) is 5.54 Å². The van der Waals surface area contributed by atoms with Crippen molar-refractivity contribution in [3.05, 3.63) is 12.7 Å². The van der Waals surface area contributed by atoms with Crippen molar-refractivity contribution in [2.75, 3.05) is 6.54 Å². The number of nitrogens with one attached hydrogen (secondary N) is 1. The molecule has 0 saturated heterocycles. The fourth-order valence-corrected chi connectivity index (χ4v) is 6.59. The molecule has 4 saturated carbocycles. The monoisotopic (exact) mass is 275 g/mol. The summed E-state index contributed by atoms with van der Waals surface area (Å²) >= 11 is 0. The Morgan fingerprint density at radius 3 is 2.30 bits per heavy atom. The molecule has 4 bridgehead atoms. The molecule has 0 aliphatic heterocycles. The molecular weight excluding hydrogens is 242 g/mol. The minimum absolute atomic E-state index is 0.501. The van der Waals surface area contributed by atoms with E-state index in [0.29, 0.717) is 16.4 Å². The van der Waals surface area contributed by atoms with E-state index in [9.17, 15) is 0 Å². The van der Waals surface area contributed by atoms with E-state index in [2.05, 4.69) is 25.7 Å². The van der Waals surface area contributed by atoms with Gasteiger partial charge in [-0.05, 0) is 81.1 Å². The Kier molecular flexibility index (Phi) is 3.77. The summed E-state index contributed by atoms with van der Waals surface area (Å²) in [4.78, 5) is 0. The first-order valence-corrected chi connectivity index (χ1v) is 8.83. The second-order valence-electron chi connectivity index (χ2n) is 8.98. The summed E-state index contributed by atoms with van der Waals surface area (Å²) in [6.45, 7) is 10.2. The summed E-state index contributed by atoms with van der Waals surface area (Å²) in [5, 5.41) is 4.03. The van der Waals surface area contributed by atoms with Crippen LogP contribution in [0.15, 0.2) is 12.7 Å². The third-order valence-electron chi connectivity index (χ3n) is 6.21. The fraction of sp³-hybridized carbons (Fsp3) is 0.895. The normalized spacial score (nSPS) is 45.8. The number of hydrogen-bond donors (Lipinski definition) is 1. The second-order valence-corrected chi connectivity index (χ2v) is 8.98. The summed E-state index contributed by atoms with van der Waals surface area (Å²) in [6.07, 6.45) is 16.1. The van der Waals surface area contributed by atoms with E-state index in [1.54, 1.807) is 0 Å². The Hall–Kier alpha value is -0.300. The van der Waals surface area contributed by atoms with E-state index in [4.69, 9.17) is 0 Å². The van der Waals surface area contributed by atoms with Crippen LogP contribution in [-0.4, -0.2) is 12.1 Å². The average molecular weight is 275 g/mol. The van der Waals surface area contributed by atoms with E-state index in [1.807, 2.05) is 6.08 Å². The molecule has 1 nitrogen and oxygen atoms in total. The van der Waals surface area contributed by atoms with Gasteiger partial charge in [0.2, 0.25) is 0 Å². The van der Waals surface area contributed by atoms with Crippen LogP contribution in [0, 0.1) is 16.7 Å². The maximum atomic E-state index is 4.03. The van der Waals surface area contributed by atoms with Crippen LogP contribution in [0.25, 0.3) is 0 Å². The van der Waals surface area contributed by atoms with E-state index in [-0.39, 0.29) is 0 Å². The third kappa shape index (κ3) is 2.84. The molecule has 0 aromatic heterocycles. The maximum Gasteiger partial charge on any atom is 0.0194 e. The van der Waals surface area contributed by atoms with Crippen molar-refractivity contribution in [2.45, 2.75) is 83.6 Å². The smallest absolute Gasteiger partial charge is 0.0194 e. The number of unbranched alkanes of at least 4 members (excludes halogenated alkanes) is 3. The zero-order chi connectivity index (χ0) is 14.3. The summed E-state index contributed by atoms with van der Waals surface area (Å²) < 4.78 is 0. The Morgan fingerprint density at radius 1 is 1.00 bits per heavy atom. The average Bonchev–Trinajstić information content (AvgIpc) is 2.29. The van der Waals surface area contributed by atoms with Crippen LogP contribution in [0.4, 0.5) is 0 Å². The van der Waals surface area contributed by atoms with Crippen LogP contribution in [0.3, 0.4) is 0 Å². The topological polar surface area (TPSA) is 12.0 Å². The molecule has 4 rings (SSSR count). The quantitative estimate of drug-likeness (QED) is 0.505. The number of rotatable bonds is 7.